The van der Waals surface area contributed by atoms with Crippen LogP contribution < -0.4 is 0 Å². The topological polar surface area (TPSA) is 95.6 Å². The molecule has 0 fully saturated rings. The molecule has 0 aliphatic carbocycles. The van der Waals surface area contributed by atoms with E-state index in [-0.39, 0.29) is 17.2 Å². The Morgan fingerprint density at radius 1 is 1.24 bits per heavy atom. The van der Waals surface area contributed by atoms with Gasteiger partial charge in [0.2, 0.25) is 0 Å². The van der Waals surface area contributed by atoms with E-state index < -0.39 is 5.97 Å². The summed E-state index contributed by atoms with van der Waals surface area (Å²) in [6, 6.07) is 5.64. The Hall–Kier alpha value is -2.50. The highest BCUT2D eigenvalue weighted by molar-refractivity contribution is 5.87. The predicted molar refractivity (Wildman–Crippen MR) is 58.9 cm³/mol. The molecule has 0 spiro atoms. The number of aryl methyl sites for hydroxylation is 1. The van der Waals surface area contributed by atoms with Crippen molar-refractivity contribution in [3.8, 4) is 22.8 Å². The molecule has 0 atom stereocenters. The summed E-state index contributed by atoms with van der Waals surface area (Å²) < 4.78 is 1.40. The van der Waals surface area contributed by atoms with Gasteiger partial charge >= 0.3 is 5.97 Å². The van der Waals surface area contributed by atoms with E-state index in [1.807, 2.05) is 0 Å². The number of aromatic nitrogens is 2. The Morgan fingerprint density at radius 3 is 2.47 bits per heavy atom. The van der Waals surface area contributed by atoms with Gasteiger partial charge in [0.1, 0.15) is 0 Å². The zero-order valence-corrected chi connectivity index (χ0v) is 8.95. The number of phenols is 2. The maximum Gasteiger partial charge on any atom is 0.356 e. The predicted octanol–water partition coefficient (Wildman–Crippen LogP) is 1.20. The summed E-state index contributed by atoms with van der Waals surface area (Å²) in [6.07, 6.45) is 0. The first-order valence-electron chi connectivity index (χ1n) is 4.78. The van der Waals surface area contributed by atoms with Crippen LogP contribution in [0.3, 0.4) is 0 Å². The number of rotatable bonds is 2. The Morgan fingerprint density at radius 2 is 1.94 bits per heavy atom. The van der Waals surface area contributed by atoms with Crippen molar-refractivity contribution in [3.05, 3.63) is 30.0 Å². The highest BCUT2D eigenvalue weighted by Gasteiger charge is 2.13. The van der Waals surface area contributed by atoms with Crippen LogP contribution in [-0.4, -0.2) is 31.1 Å². The fraction of sp³-hybridized carbons (Fsp3) is 0.0909. The summed E-state index contributed by atoms with van der Waals surface area (Å²) in [5.41, 5.74) is 1.04. The third kappa shape index (κ3) is 1.92. The highest BCUT2D eigenvalue weighted by atomic mass is 16.4. The van der Waals surface area contributed by atoms with Gasteiger partial charge in [-0.05, 0) is 24.3 Å². The van der Waals surface area contributed by atoms with E-state index >= 15 is 0 Å². The second-order valence-corrected chi connectivity index (χ2v) is 3.55. The molecule has 0 aliphatic heterocycles. The van der Waals surface area contributed by atoms with Gasteiger partial charge in [-0.15, -0.1) is 0 Å². The zero-order valence-electron chi connectivity index (χ0n) is 8.95. The van der Waals surface area contributed by atoms with Crippen molar-refractivity contribution in [3.63, 3.8) is 0 Å². The highest BCUT2D eigenvalue weighted by Crippen LogP contribution is 2.30. The van der Waals surface area contributed by atoms with Crippen molar-refractivity contribution in [1.82, 2.24) is 9.78 Å². The van der Waals surface area contributed by atoms with E-state index in [9.17, 15) is 15.0 Å². The van der Waals surface area contributed by atoms with Crippen LogP contribution in [0.25, 0.3) is 11.3 Å². The molecule has 88 valence electrons. The lowest BCUT2D eigenvalue weighted by atomic mass is 10.1. The van der Waals surface area contributed by atoms with Gasteiger partial charge in [0.05, 0.1) is 5.69 Å². The number of nitrogens with zero attached hydrogens (tertiary/aromatic N) is 2. The zero-order chi connectivity index (χ0) is 12.6. The normalized spacial score (nSPS) is 10.4. The van der Waals surface area contributed by atoms with Crippen LogP contribution in [0, 0.1) is 0 Å². The number of benzene rings is 1. The molecular weight excluding hydrogens is 224 g/mol. The second kappa shape index (κ2) is 3.82. The second-order valence-electron chi connectivity index (χ2n) is 3.55. The van der Waals surface area contributed by atoms with Crippen molar-refractivity contribution >= 4 is 5.97 Å². The number of phenolic OH excluding ortho intramolecular Hbond substituents is 2. The molecule has 0 saturated carbocycles. The fourth-order valence-electron chi connectivity index (χ4n) is 1.52. The van der Waals surface area contributed by atoms with Crippen molar-refractivity contribution in [2.24, 2.45) is 7.05 Å². The third-order valence-electron chi connectivity index (χ3n) is 2.37. The summed E-state index contributed by atoms with van der Waals surface area (Å²) >= 11 is 0. The average Bonchev–Trinajstić information content (AvgIpc) is 2.65. The number of carbonyl (C=O) groups is 1. The van der Waals surface area contributed by atoms with Gasteiger partial charge < -0.3 is 15.3 Å². The molecule has 0 bridgehead atoms. The summed E-state index contributed by atoms with van der Waals surface area (Å²) in [5, 5.41) is 31.2. The van der Waals surface area contributed by atoms with Crippen LogP contribution in [0.4, 0.5) is 0 Å². The van der Waals surface area contributed by atoms with Crippen LogP contribution in [0.15, 0.2) is 24.3 Å². The lowest BCUT2D eigenvalue weighted by Crippen LogP contribution is -1.99. The van der Waals surface area contributed by atoms with Crippen LogP contribution >= 0.6 is 0 Å². The SMILES string of the molecule is Cn1nc(C(=O)O)cc1-c1ccc(O)c(O)c1. The summed E-state index contributed by atoms with van der Waals surface area (Å²) in [5.74, 6) is -1.61. The first kappa shape index (κ1) is 11.0. The van der Waals surface area contributed by atoms with Crippen molar-refractivity contribution in [2.75, 3.05) is 0 Å². The molecule has 1 aromatic heterocycles. The number of hydrogen-bond acceptors (Lipinski definition) is 4. The molecule has 2 rings (SSSR count). The van der Waals surface area contributed by atoms with E-state index in [4.69, 9.17) is 5.11 Å². The average molecular weight is 234 g/mol. The van der Waals surface area contributed by atoms with Crippen LogP contribution in [-0.2, 0) is 7.05 Å². The molecule has 17 heavy (non-hydrogen) atoms. The molecular formula is C11H10N2O4. The van der Waals surface area contributed by atoms with E-state index in [1.54, 1.807) is 13.1 Å². The van der Waals surface area contributed by atoms with Crippen molar-refractivity contribution in [1.29, 1.82) is 0 Å². The minimum atomic E-state index is -1.12. The quantitative estimate of drug-likeness (QED) is 0.678. The van der Waals surface area contributed by atoms with Gasteiger partial charge in [-0.1, -0.05) is 0 Å². The Bertz CT molecular complexity index is 589. The molecule has 1 aromatic carbocycles. The van der Waals surface area contributed by atoms with Crippen LogP contribution in [0.1, 0.15) is 10.5 Å². The molecule has 6 nitrogen and oxygen atoms in total. The first-order chi connectivity index (χ1) is 7.99. The van der Waals surface area contributed by atoms with Crippen LogP contribution in [0.2, 0.25) is 0 Å². The van der Waals surface area contributed by atoms with E-state index in [0.29, 0.717) is 11.3 Å². The number of hydrogen-bond donors (Lipinski definition) is 3. The molecule has 0 unspecified atom stereocenters. The smallest absolute Gasteiger partial charge is 0.356 e. The van der Waals surface area contributed by atoms with Gasteiger partial charge in [-0.25, -0.2) is 4.79 Å². The fourth-order valence-corrected chi connectivity index (χ4v) is 1.52. The lowest BCUT2D eigenvalue weighted by Gasteiger charge is -2.03. The largest absolute Gasteiger partial charge is 0.504 e. The number of carboxylic acids is 1. The molecule has 3 N–H and O–H groups in total. The summed E-state index contributed by atoms with van der Waals surface area (Å²) in [7, 11) is 1.60. The minimum Gasteiger partial charge on any atom is -0.504 e. The van der Waals surface area contributed by atoms with Crippen molar-refractivity contribution < 1.29 is 20.1 Å². The lowest BCUT2D eigenvalue weighted by molar-refractivity contribution is 0.0689. The van der Waals surface area contributed by atoms with Crippen LogP contribution in [0.5, 0.6) is 11.5 Å². The molecule has 0 amide bonds. The first-order valence-corrected chi connectivity index (χ1v) is 4.78. The molecule has 6 heteroatoms. The van der Waals surface area contributed by atoms with Gasteiger partial charge in [-0.3, -0.25) is 4.68 Å². The molecule has 0 radical (unpaired) electrons. The van der Waals surface area contributed by atoms with E-state index in [0.717, 1.165) is 0 Å². The molecule has 0 saturated heterocycles. The maximum atomic E-state index is 10.8. The Kier molecular flexibility index (Phi) is 2.47. The summed E-state index contributed by atoms with van der Waals surface area (Å²) in [6.45, 7) is 0. The number of aromatic carboxylic acids is 1. The van der Waals surface area contributed by atoms with Gasteiger partial charge in [0.25, 0.3) is 0 Å². The third-order valence-corrected chi connectivity index (χ3v) is 2.37. The maximum absolute atomic E-state index is 10.8. The minimum absolute atomic E-state index is 0.0740. The Balaban J connectivity index is 2.52. The Labute approximate surface area is 96.4 Å². The molecule has 1 heterocycles. The summed E-state index contributed by atoms with van der Waals surface area (Å²) in [4.78, 5) is 10.8. The van der Waals surface area contributed by atoms with Crippen molar-refractivity contribution in [2.45, 2.75) is 0 Å². The monoisotopic (exact) mass is 234 g/mol. The van der Waals surface area contributed by atoms with Gasteiger partial charge in [0, 0.05) is 12.6 Å². The number of aromatic hydroxyl groups is 2. The standard InChI is InChI=1S/C11H10N2O4/c1-13-8(5-7(12-13)11(16)17)6-2-3-9(14)10(15)4-6/h2-5,14-15H,1H3,(H,16,17). The van der Waals surface area contributed by atoms with Gasteiger partial charge in [0.15, 0.2) is 17.2 Å². The molecule has 0 aliphatic rings. The van der Waals surface area contributed by atoms with E-state index in [2.05, 4.69) is 5.10 Å². The molecule has 2 aromatic rings. The number of carboxylic acid groups (broad SMARTS) is 1. The van der Waals surface area contributed by atoms with E-state index in [1.165, 1.54) is 22.9 Å². The van der Waals surface area contributed by atoms with Gasteiger partial charge in [-0.2, -0.15) is 5.10 Å².